The maximum Gasteiger partial charge on any atom is 0.135 e. The molecule has 0 amide bonds. The van der Waals surface area contributed by atoms with Crippen LogP contribution in [0.3, 0.4) is 0 Å². The first-order valence-corrected chi connectivity index (χ1v) is 19.6. The van der Waals surface area contributed by atoms with Gasteiger partial charge in [-0.3, -0.25) is 0 Å². The average molecular weight is 742 g/mol. The molecular weight excluding hydrogens is 707 g/mol. The van der Waals surface area contributed by atoms with Gasteiger partial charge < -0.3 is 9.32 Å². The fourth-order valence-electron chi connectivity index (χ4n) is 8.20. The molecule has 0 saturated carbocycles. The monoisotopic (exact) mass is 741 g/mol. The van der Waals surface area contributed by atoms with Gasteiger partial charge in [-0.05, 0) is 88.3 Å². The largest absolute Gasteiger partial charge is 0.456 e. The summed E-state index contributed by atoms with van der Waals surface area (Å²) in [7, 11) is 0. The third-order valence-electron chi connectivity index (χ3n) is 11.0. The van der Waals surface area contributed by atoms with Crippen molar-refractivity contribution in [3.05, 3.63) is 212 Å². The molecule has 0 aliphatic rings. The number of para-hydroxylation sites is 1. The predicted molar refractivity (Wildman–Crippen MR) is 241 cm³/mol. The van der Waals surface area contributed by atoms with Gasteiger partial charge >= 0.3 is 0 Å². The predicted octanol–water partition coefficient (Wildman–Crippen LogP) is 14.8. The molecule has 0 aliphatic heterocycles. The van der Waals surface area contributed by atoms with Crippen molar-refractivity contribution in [3.63, 3.8) is 0 Å². The molecular formula is C54H35N3O. The van der Waals surface area contributed by atoms with Crippen LogP contribution in [-0.2, 0) is 0 Å². The maximum absolute atomic E-state index is 6.24. The summed E-state index contributed by atoms with van der Waals surface area (Å²) in [6.07, 6.45) is 0. The van der Waals surface area contributed by atoms with Gasteiger partial charge in [0.2, 0.25) is 0 Å². The number of hydrogen-bond acceptors (Lipinski definition) is 4. The highest BCUT2D eigenvalue weighted by Crippen LogP contribution is 2.42. The number of hydrogen-bond donors (Lipinski definition) is 0. The van der Waals surface area contributed by atoms with Gasteiger partial charge in [-0.1, -0.05) is 152 Å². The Labute approximate surface area is 335 Å². The molecule has 58 heavy (non-hydrogen) atoms. The van der Waals surface area contributed by atoms with Crippen molar-refractivity contribution in [1.29, 1.82) is 0 Å². The first-order valence-electron chi connectivity index (χ1n) is 19.6. The van der Waals surface area contributed by atoms with Gasteiger partial charge in [-0.25, -0.2) is 9.97 Å². The standard InChI is InChI=1S/C54H35N3O/c1-4-14-36(15-5-1)39-20-12-22-43(33-39)57(45-28-31-51-48(35-45)47-24-10-11-25-50(47)58-51)44-23-13-21-40(34-44)41-26-29-46-42(32-41)27-30-49-54(46)56-53(38-18-8-3-9-19-38)52(55-49)37-16-6-2-7-17-37/h1-35H. The van der Waals surface area contributed by atoms with Crippen LogP contribution in [0.1, 0.15) is 0 Å². The first kappa shape index (κ1) is 33.5. The molecule has 4 nitrogen and oxygen atoms in total. The molecule has 4 heteroatoms. The van der Waals surface area contributed by atoms with Crippen LogP contribution in [0.2, 0.25) is 0 Å². The second kappa shape index (κ2) is 14.0. The van der Waals surface area contributed by atoms with Gasteiger partial charge in [0.05, 0.1) is 22.4 Å². The number of aromatic nitrogens is 2. The second-order valence-corrected chi connectivity index (χ2v) is 14.6. The minimum absolute atomic E-state index is 0.872. The molecule has 0 unspecified atom stereocenters. The number of furan rings is 1. The van der Waals surface area contributed by atoms with E-state index in [9.17, 15) is 0 Å². The van der Waals surface area contributed by atoms with Gasteiger partial charge in [0.1, 0.15) is 11.2 Å². The van der Waals surface area contributed by atoms with Crippen molar-refractivity contribution in [3.8, 4) is 44.8 Å². The van der Waals surface area contributed by atoms with Crippen LogP contribution in [0.4, 0.5) is 17.1 Å². The topological polar surface area (TPSA) is 42.2 Å². The molecule has 272 valence electrons. The summed E-state index contributed by atoms with van der Waals surface area (Å²) in [5.74, 6) is 0. The molecule has 0 aliphatic carbocycles. The highest BCUT2D eigenvalue weighted by molar-refractivity contribution is 6.08. The molecule has 0 radical (unpaired) electrons. The minimum atomic E-state index is 0.872. The zero-order chi connectivity index (χ0) is 38.4. The Morgan fingerprint density at radius 3 is 1.59 bits per heavy atom. The molecule has 11 aromatic rings. The van der Waals surface area contributed by atoms with Crippen molar-refractivity contribution >= 4 is 60.8 Å². The molecule has 2 aromatic heterocycles. The molecule has 11 rings (SSSR count). The molecule has 2 heterocycles. The summed E-state index contributed by atoms with van der Waals surface area (Å²) in [6.45, 7) is 0. The first-order chi connectivity index (χ1) is 28.7. The lowest BCUT2D eigenvalue weighted by atomic mass is 9.98. The van der Waals surface area contributed by atoms with Gasteiger partial charge in [0.25, 0.3) is 0 Å². The number of anilines is 3. The van der Waals surface area contributed by atoms with E-state index in [-0.39, 0.29) is 0 Å². The third kappa shape index (κ3) is 5.96. The summed E-state index contributed by atoms with van der Waals surface area (Å²) in [5, 5.41) is 4.37. The maximum atomic E-state index is 6.24. The van der Waals surface area contributed by atoms with E-state index < -0.39 is 0 Å². The quantitative estimate of drug-likeness (QED) is 0.153. The zero-order valence-electron chi connectivity index (χ0n) is 31.5. The third-order valence-corrected chi connectivity index (χ3v) is 11.0. The minimum Gasteiger partial charge on any atom is -0.456 e. The van der Waals surface area contributed by atoms with Crippen LogP contribution in [0.5, 0.6) is 0 Å². The summed E-state index contributed by atoms with van der Waals surface area (Å²) in [6, 6.07) is 74.5. The lowest BCUT2D eigenvalue weighted by Crippen LogP contribution is -2.10. The van der Waals surface area contributed by atoms with E-state index in [0.717, 1.165) is 100 Å². The Bertz CT molecular complexity index is 3280. The highest BCUT2D eigenvalue weighted by Gasteiger charge is 2.18. The smallest absolute Gasteiger partial charge is 0.135 e. The van der Waals surface area contributed by atoms with E-state index in [4.69, 9.17) is 14.4 Å². The zero-order valence-corrected chi connectivity index (χ0v) is 31.5. The molecule has 0 N–H and O–H groups in total. The van der Waals surface area contributed by atoms with E-state index in [0.29, 0.717) is 0 Å². The molecule has 0 fully saturated rings. The fraction of sp³-hybridized carbons (Fsp3) is 0. The van der Waals surface area contributed by atoms with E-state index >= 15 is 0 Å². The van der Waals surface area contributed by atoms with Crippen LogP contribution >= 0.6 is 0 Å². The Morgan fingerprint density at radius 2 is 0.879 bits per heavy atom. The number of rotatable bonds is 7. The molecule has 0 saturated heterocycles. The van der Waals surface area contributed by atoms with Crippen LogP contribution < -0.4 is 4.90 Å². The van der Waals surface area contributed by atoms with Crippen LogP contribution in [0.25, 0.3) is 88.5 Å². The Hall–Kier alpha value is -7.82. The van der Waals surface area contributed by atoms with Gasteiger partial charge in [-0.2, -0.15) is 0 Å². The van der Waals surface area contributed by atoms with Crippen molar-refractivity contribution in [2.75, 3.05) is 4.90 Å². The van der Waals surface area contributed by atoms with Gasteiger partial charge in [-0.15, -0.1) is 0 Å². The summed E-state index contributed by atoms with van der Waals surface area (Å²) in [5.41, 5.74) is 15.1. The molecule has 0 bridgehead atoms. The van der Waals surface area contributed by atoms with Crippen molar-refractivity contribution in [2.45, 2.75) is 0 Å². The van der Waals surface area contributed by atoms with Crippen LogP contribution in [-0.4, -0.2) is 9.97 Å². The number of fused-ring (bicyclic) bond motifs is 6. The van der Waals surface area contributed by atoms with Crippen molar-refractivity contribution in [1.82, 2.24) is 9.97 Å². The lowest BCUT2D eigenvalue weighted by molar-refractivity contribution is 0.669. The average Bonchev–Trinajstić information content (AvgIpc) is 3.68. The van der Waals surface area contributed by atoms with Crippen molar-refractivity contribution < 1.29 is 4.42 Å². The van der Waals surface area contributed by atoms with Gasteiger partial charge in [0, 0.05) is 44.3 Å². The molecule has 9 aromatic carbocycles. The second-order valence-electron chi connectivity index (χ2n) is 14.6. The van der Waals surface area contributed by atoms with Gasteiger partial charge in [0.15, 0.2) is 0 Å². The van der Waals surface area contributed by atoms with E-state index in [2.05, 4.69) is 181 Å². The normalized spacial score (nSPS) is 11.4. The summed E-state index contributed by atoms with van der Waals surface area (Å²) >= 11 is 0. The SMILES string of the molecule is c1ccc(-c2cccc(N(c3cccc(-c4ccc5c(ccc6nc(-c7ccccc7)c(-c7ccccc7)nc65)c4)c3)c3ccc4oc5ccccc5c4c3)c2)cc1. The van der Waals surface area contributed by atoms with Crippen LogP contribution in [0, 0.1) is 0 Å². The van der Waals surface area contributed by atoms with E-state index in [1.807, 2.05) is 36.4 Å². The fourth-order valence-corrected chi connectivity index (χ4v) is 8.20. The van der Waals surface area contributed by atoms with Crippen molar-refractivity contribution in [2.24, 2.45) is 0 Å². The van der Waals surface area contributed by atoms with E-state index in [1.54, 1.807) is 0 Å². The Kier molecular flexibility index (Phi) is 8.11. The lowest BCUT2D eigenvalue weighted by Gasteiger charge is -2.26. The number of benzene rings is 9. The molecule has 0 atom stereocenters. The molecule has 0 spiro atoms. The Morgan fingerprint density at radius 1 is 0.328 bits per heavy atom. The van der Waals surface area contributed by atoms with E-state index in [1.165, 1.54) is 5.56 Å². The summed E-state index contributed by atoms with van der Waals surface area (Å²) < 4.78 is 6.24. The Balaban J connectivity index is 1.04. The highest BCUT2D eigenvalue weighted by atomic mass is 16.3. The van der Waals surface area contributed by atoms with Crippen LogP contribution in [0.15, 0.2) is 217 Å². The summed E-state index contributed by atoms with van der Waals surface area (Å²) in [4.78, 5) is 12.9. The number of nitrogens with zero attached hydrogens (tertiary/aromatic N) is 3.